The van der Waals surface area contributed by atoms with E-state index in [4.69, 9.17) is 9.47 Å². The van der Waals surface area contributed by atoms with Crippen LogP contribution in [-0.2, 0) is 4.79 Å². The third-order valence-electron chi connectivity index (χ3n) is 5.00. The van der Waals surface area contributed by atoms with Crippen LogP contribution in [0.2, 0.25) is 0 Å². The number of methoxy groups -OCH3 is 2. The molecule has 2 saturated carbocycles. The lowest BCUT2D eigenvalue weighted by molar-refractivity contribution is -0.117. The summed E-state index contributed by atoms with van der Waals surface area (Å²) in [5.41, 5.74) is 0.765. The average molecular weight is 289 g/mol. The molecular formula is C17H23NO3. The Morgan fingerprint density at radius 3 is 2.62 bits per heavy atom. The molecule has 2 bridgehead atoms. The number of amides is 1. The van der Waals surface area contributed by atoms with Gasteiger partial charge in [0.1, 0.15) is 0 Å². The zero-order valence-electron chi connectivity index (χ0n) is 12.7. The Morgan fingerprint density at radius 1 is 1.19 bits per heavy atom. The third-order valence-corrected chi connectivity index (χ3v) is 5.00. The number of anilines is 1. The van der Waals surface area contributed by atoms with Crippen molar-refractivity contribution in [2.45, 2.75) is 32.1 Å². The number of nitrogens with one attached hydrogen (secondary N) is 1. The number of carbonyl (C=O) groups excluding carboxylic acids is 1. The van der Waals surface area contributed by atoms with E-state index in [9.17, 15) is 4.79 Å². The van der Waals surface area contributed by atoms with Gasteiger partial charge in [0.25, 0.3) is 0 Å². The molecule has 3 rings (SSSR count). The fraction of sp³-hybridized carbons (Fsp3) is 0.588. The minimum absolute atomic E-state index is 0.111. The van der Waals surface area contributed by atoms with Gasteiger partial charge < -0.3 is 14.8 Å². The van der Waals surface area contributed by atoms with Crippen LogP contribution in [0.5, 0.6) is 11.5 Å². The summed E-state index contributed by atoms with van der Waals surface area (Å²) in [6.07, 6.45) is 5.92. The number of benzene rings is 1. The van der Waals surface area contributed by atoms with Gasteiger partial charge in [-0.2, -0.15) is 0 Å². The molecule has 0 saturated heterocycles. The van der Waals surface area contributed by atoms with Gasteiger partial charge in [-0.15, -0.1) is 0 Å². The number of rotatable bonds is 5. The molecule has 0 aliphatic heterocycles. The van der Waals surface area contributed by atoms with Gasteiger partial charge in [0, 0.05) is 18.2 Å². The predicted molar refractivity (Wildman–Crippen MR) is 81.7 cm³/mol. The van der Waals surface area contributed by atoms with Crippen molar-refractivity contribution in [3.63, 3.8) is 0 Å². The Hall–Kier alpha value is -1.71. The van der Waals surface area contributed by atoms with Crippen molar-refractivity contribution >= 4 is 11.6 Å². The van der Waals surface area contributed by atoms with Crippen LogP contribution in [0.25, 0.3) is 0 Å². The van der Waals surface area contributed by atoms with Crippen molar-refractivity contribution in [1.82, 2.24) is 0 Å². The van der Waals surface area contributed by atoms with E-state index >= 15 is 0 Å². The standard InChI is InChI=1S/C17H23NO3/c1-20-15-6-5-14(10-16(15)21-2)18-17(19)9-13-8-11-3-4-12(13)7-11/h5-6,10-13H,3-4,7-9H2,1-2H3,(H,18,19)/t11-,12-,13+/m1/s1. The summed E-state index contributed by atoms with van der Waals surface area (Å²) in [5, 5.41) is 2.98. The Balaban J connectivity index is 1.59. The van der Waals surface area contributed by atoms with Crippen LogP contribution in [0.15, 0.2) is 18.2 Å². The van der Waals surface area contributed by atoms with Crippen molar-refractivity contribution in [3.05, 3.63) is 18.2 Å². The zero-order chi connectivity index (χ0) is 14.8. The first kappa shape index (κ1) is 14.2. The van der Waals surface area contributed by atoms with E-state index in [-0.39, 0.29) is 5.91 Å². The molecule has 0 unspecified atom stereocenters. The van der Waals surface area contributed by atoms with Gasteiger partial charge in [0.15, 0.2) is 11.5 Å². The maximum atomic E-state index is 12.2. The molecule has 4 nitrogen and oxygen atoms in total. The second-order valence-electron chi connectivity index (χ2n) is 6.26. The van der Waals surface area contributed by atoms with E-state index in [1.54, 1.807) is 20.3 Å². The highest BCUT2D eigenvalue weighted by Crippen LogP contribution is 2.49. The van der Waals surface area contributed by atoms with Gasteiger partial charge in [0.2, 0.25) is 5.91 Å². The summed E-state index contributed by atoms with van der Waals surface area (Å²) in [6, 6.07) is 5.46. The first-order chi connectivity index (χ1) is 10.2. The Labute approximate surface area is 125 Å². The van der Waals surface area contributed by atoms with Crippen molar-refractivity contribution in [2.24, 2.45) is 17.8 Å². The molecule has 0 radical (unpaired) electrons. The fourth-order valence-electron chi connectivity index (χ4n) is 3.99. The van der Waals surface area contributed by atoms with Gasteiger partial charge in [-0.05, 0) is 49.1 Å². The molecule has 3 atom stereocenters. The van der Waals surface area contributed by atoms with Gasteiger partial charge in [-0.25, -0.2) is 0 Å². The van der Waals surface area contributed by atoms with Gasteiger partial charge in [0.05, 0.1) is 14.2 Å². The minimum Gasteiger partial charge on any atom is -0.493 e. The fourth-order valence-corrected chi connectivity index (χ4v) is 3.99. The maximum absolute atomic E-state index is 12.2. The highest BCUT2D eigenvalue weighted by Gasteiger charge is 2.40. The second-order valence-corrected chi connectivity index (χ2v) is 6.26. The second kappa shape index (κ2) is 5.96. The monoisotopic (exact) mass is 289 g/mol. The molecule has 1 aromatic rings. The Morgan fingerprint density at radius 2 is 2.00 bits per heavy atom. The smallest absolute Gasteiger partial charge is 0.224 e. The predicted octanol–water partition coefficient (Wildman–Crippen LogP) is 3.47. The SMILES string of the molecule is COc1ccc(NC(=O)C[C@@H]2C[C@@H]3CC[C@@H]2C3)cc1OC. The van der Waals surface area contributed by atoms with E-state index in [0.717, 1.165) is 17.5 Å². The van der Waals surface area contributed by atoms with Crippen LogP contribution in [-0.4, -0.2) is 20.1 Å². The van der Waals surface area contributed by atoms with Crippen molar-refractivity contribution in [1.29, 1.82) is 0 Å². The van der Waals surface area contributed by atoms with E-state index in [1.165, 1.54) is 25.7 Å². The van der Waals surface area contributed by atoms with E-state index in [0.29, 0.717) is 23.8 Å². The summed E-state index contributed by atoms with van der Waals surface area (Å²) >= 11 is 0. The van der Waals surface area contributed by atoms with Gasteiger partial charge in [-0.1, -0.05) is 6.42 Å². The van der Waals surface area contributed by atoms with Gasteiger partial charge in [-0.3, -0.25) is 4.79 Å². The van der Waals surface area contributed by atoms with Crippen LogP contribution in [0.1, 0.15) is 32.1 Å². The molecule has 0 aromatic heterocycles. The number of carbonyl (C=O) groups is 1. The number of fused-ring (bicyclic) bond motifs is 2. The van der Waals surface area contributed by atoms with Crippen molar-refractivity contribution in [3.8, 4) is 11.5 Å². The van der Waals surface area contributed by atoms with Crippen LogP contribution in [0.4, 0.5) is 5.69 Å². The molecule has 114 valence electrons. The minimum atomic E-state index is 0.111. The third kappa shape index (κ3) is 2.99. The molecule has 2 fully saturated rings. The summed E-state index contributed by atoms with van der Waals surface area (Å²) in [4.78, 5) is 12.2. The number of hydrogen-bond acceptors (Lipinski definition) is 3. The van der Waals surface area contributed by atoms with E-state index < -0.39 is 0 Å². The molecule has 1 amide bonds. The summed E-state index contributed by atoms with van der Waals surface area (Å²) in [6.45, 7) is 0. The summed E-state index contributed by atoms with van der Waals surface area (Å²) in [5.74, 6) is 3.67. The van der Waals surface area contributed by atoms with Crippen LogP contribution < -0.4 is 14.8 Å². The van der Waals surface area contributed by atoms with Crippen molar-refractivity contribution < 1.29 is 14.3 Å². The topological polar surface area (TPSA) is 47.6 Å². The quantitative estimate of drug-likeness (QED) is 0.903. The summed E-state index contributed by atoms with van der Waals surface area (Å²) in [7, 11) is 3.20. The maximum Gasteiger partial charge on any atom is 0.224 e. The summed E-state index contributed by atoms with van der Waals surface area (Å²) < 4.78 is 10.5. The molecule has 0 spiro atoms. The molecule has 4 heteroatoms. The lowest BCUT2D eigenvalue weighted by Crippen LogP contribution is -2.20. The molecule has 21 heavy (non-hydrogen) atoms. The first-order valence-corrected chi connectivity index (χ1v) is 7.71. The van der Waals surface area contributed by atoms with Crippen molar-refractivity contribution in [2.75, 3.05) is 19.5 Å². The molecule has 1 aromatic carbocycles. The van der Waals surface area contributed by atoms with Crippen LogP contribution in [0, 0.1) is 17.8 Å². The first-order valence-electron chi connectivity index (χ1n) is 7.71. The van der Waals surface area contributed by atoms with E-state index in [2.05, 4.69) is 5.32 Å². The highest BCUT2D eigenvalue weighted by atomic mass is 16.5. The van der Waals surface area contributed by atoms with Gasteiger partial charge >= 0.3 is 0 Å². The molecule has 2 aliphatic carbocycles. The van der Waals surface area contributed by atoms with Crippen LogP contribution >= 0.6 is 0 Å². The lowest BCUT2D eigenvalue weighted by atomic mass is 9.86. The highest BCUT2D eigenvalue weighted by molar-refractivity contribution is 5.91. The molecule has 0 heterocycles. The number of hydrogen-bond donors (Lipinski definition) is 1. The van der Waals surface area contributed by atoms with E-state index in [1.807, 2.05) is 12.1 Å². The molecule has 2 aliphatic rings. The Bertz CT molecular complexity index is 529. The largest absolute Gasteiger partial charge is 0.493 e. The molecule has 1 N–H and O–H groups in total. The molecular weight excluding hydrogens is 266 g/mol. The Kier molecular flexibility index (Phi) is 4.04. The lowest BCUT2D eigenvalue weighted by Gasteiger charge is -2.21. The number of ether oxygens (including phenoxy) is 2. The normalized spacial score (nSPS) is 26.7. The van der Waals surface area contributed by atoms with Crippen LogP contribution in [0.3, 0.4) is 0 Å². The average Bonchev–Trinajstić information content (AvgIpc) is 3.09. The zero-order valence-corrected chi connectivity index (χ0v) is 12.7.